The average Bonchev–Trinajstić information content (AvgIpc) is 2.56. The first-order valence-corrected chi connectivity index (χ1v) is 8.09. The van der Waals surface area contributed by atoms with Crippen molar-refractivity contribution in [2.24, 2.45) is 5.92 Å². The van der Waals surface area contributed by atoms with Gasteiger partial charge >= 0.3 is 0 Å². The zero-order valence-corrected chi connectivity index (χ0v) is 14.6. The normalized spacial score (nSPS) is 10.8. The summed E-state index contributed by atoms with van der Waals surface area (Å²) in [5, 5.41) is 6.85. The van der Waals surface area contributed by atoms with E-state index in [0.29, 0.717) is 18.2 Å². The van der Waals surface area contributed by atoms with Crippen molar-refractivity contribution in [1.82, 2.24) is 15.1 Å². The van der Waals surface area contributed by atoms with Crippen molar-refractivity contribution in [3.63, 3.8) is 0 Å². The molecule has 0 aliphatic heterocycles. The predicted molar refractivity (Wildman–Crippen MR) is 92.9 cm³/mol. The van der Waals surface area contributed by atoms with E-state index in [2.05, 4.69) is 24.3 Å². The van der Waals surface area contributed by atoms with E-state index in [0.717, 1.165) is 11.1 Å². The number of carbonyl (C=O) groups is 1. The van der Waals surface area contributed by atoms with Crippen LogP contribution < -0.4 is 15.6 Å². The standard InChI is InChI=1S/C18H22FN3O3/c1-12(2)8-9-20-17(23)11-22-18(24)7-6-16(21-22)14-5-4-13(25-3)10-15(14)19/h4-7,10,12H,8-9,11H2,1-3H3,(H,20,23). The molecule has 25 heavy (non-hydrogen) atoms. The lowest BCUT2D eigenvalue weighted by molar-refractivity contribution is -0.121. The summed E-state index contributed by atoms with van der Waals surface area (Å²) in [6.45, 7) is 4.46. The molecule has 0 unspecified atom stereocenters. The first-order valence-electron chi connectivity index (χ1n) is 8.09. The molecule has 1 N–H and O–H groups in total. The zero-order valence-electron chi connectivity index (χ0n) is 14.6. The fourth-order valence-electron chi connectivity index (χ4n) is 2.23. The highest BCUT2D eigenvalue weighted by Crippen LogP contribution is 2.23. The summed E-state index contributed by atoms with van der Waals surface area (Å²) >= 11 is 0. The molecule has 0 aliphatic rings. The molecule has 0 radical (unpaired) electrons. The third-order valence-corrected chi connectivity index (χ3v) is 3.66. The van der Waals surface area contributed by atoms with Gasteiger partial charge < -0.3 is 10.1 Å². The summed E-state index contributed by atoms with van der Waals surface area (Å²) in [5.41, 5.74) is 0.0844. The van der Waals surface area contributed by atoms with E-state index in [-0.39, 0.29) is 23.7 Å². The zero-order chi connectivity index (χ0) is 18.4. The molecule has 0 fully saturated rings. The Labute approximate surface area is 145 Å². The Morgan fingerprint density at radius 3 is 2.72 bits per heavy atom. The maximum Gasteiger partial charge on any atom is 0.267 e. The van der Waals surface area contributed by atoms with E-state index in [1.807, 2.05) is 0 Å². The van der Waals surface area contributed by atoms with Crippen LogP contribution in [0.5, 0.6) is 5.75 Å². The summed E-state index contributed by atoms with van der Waals surface area (Å²) in [5.74, 6) is 0.0441. The van der Waals surface area contributed by atoms with Crippen LogP contribution in [0.25, 0.3) is 11.3 Å². The second-order valence-corrected chi connectivity index (χ2v) is 6.09. The van der Waals surface area contributed by atoms with Crippen LogP contribution in [0.4, 0.5) is 4.39 Å². The van der Waals surface area contributed by atoms with Crippen LogP contribution in [0, 0.1) is 11.7 Å². The van der Waals surface area contributed by atoms with E-state index >= 15 is 0 Å². The van der Waals surface area contributed by atoms with Crippen LogP contribution in [-0.4, -0.2) is 29.3 Å². The van der Waals surface area contributed by atoms with Crippen LogP contribution in [0.3, 0.4) is 0 Å². The number of methoxy groups -OCH3 is 1. The molecule has 1 amide bonds. The molecule has 0 saturated carbocycles. The third-order valence-electron chi connectivity index (χ3n) is 3.66. The van der Waals surface area contributed by atoms with Gasteiger partial charge in [-0.05, 0) is 30.5 Å². The number of rotatable bonds is 7. The number of amides is 1. The lowest BCUT2D eigenvalue weighted by Gasteiger charge is -2.10. The minimum Gasteiger partial charge on any atom is -0.497 e. The lowest BCUT2D eigenvalue weighted by Crippen LogP contribution is -2.34. The summed E-state index contributed by atoms with van der Waals surface area (Å²) < 4.78 is 20.2. The number of aromatic nitrogens is 2. The SMILES string of the molecule is COc1ccc(-c2ccc(=O)n(CC(=O)NCCC(C)C)n2)c(F)c1. The topological polar surface area (TPSA) is 73.2 Å². The van der Waals surface area contributed by atoms with E-state index < -0.39 is 11.4 Å². The molecule has 7 heteroatoms. The van der Waals surface area contributed by atoms with Crippen molar-refractivity contribution in [3.8, 4) is 17.0 Å². The Morgan fingerprint density at radius 2 is 2.08 bits per heavy atom. The molecular weight excluding hydrogens is 325 g/mol. The van der Waals surface area contributed by atoms with Gasteiger partial charge in [-0.3, -0.25) is 9.59 Å². The highest BCUT2D eigenvalue weighted by molar-refractivity contribution is 5.75. The molecule has 0 spiro atoms. The maximum absolute atomic E-state index is 14.2. The monoisotopic (exact) mass is 347 g/mol. The van der Waals surface area contributed by atoms with Crippen LogP contribution in [0.15, 0.2) is 35.1 Å². The smallest absolute Gasteiger partial charge is 0.267 e. The van der Waals surface area contributed by atoms with Crippen molar-refractivity contribution in [1.29, 1.82) is 0 Å². The quantitative estimate of drug-likeness (QED) is 0.833. The molecule has 0 atom stereocenters. The second kappa shape index (κ2) is 8.41. The number of halogens is 1. The van der Waals surface area contributed by atoms with Gasteiger partial charge in [-0.1, -0.05) is 13.8 Å². The minimum absolute atomic E-state index is 0.206. The molecule has 1 aromatic heterocycles. The van der Waals surface area contributed by atoms with Crippen molar-refractivity contribution < 1.29 is 13.9 Å². The van der Waals surface area contributed by atoms with Gasteiger partial charge in [0.2, 0.25) is 5.91 Å². The van der Waals surface area contributed by atoms with Crippen LogP contribution in [0.1, 0.15) is 20.3 Å². The summed E-state index contributed by atoms with van der Waals surface area (Å²) in [4.78, 5) is 23.9. The van der Waals surface area contributed by atoms with Crippen LogP contribution >= 0.6 is 0 Å². The average molecular weight is 347 g/mol. The van der Waals surface area contributed by atoms with E-state index in [1.165, 1.54) is 31.4 Å². The summed E-state index contributed by atoms with van der Waals surface area (Å²) in [6.07, 6.45) is 0.852. The number of nitrogens with zero attached hydrogens (tertiary/aromatic N) is 2. The van der Waals surface area contributed by atoms with E-state index in [9.17, 15) is 14.0 Å². The van der Waals surface area contributed by atoms with Gasteiger partial charge in [0.05, 0.1) is 12.8 Å². The van der Waals surface area contributed by atoms with Gasteiger partial charge in [0.25, 0.3) is 5.56 Å². The molecule has 0 saturated heterocycles. The molecule has 6 nitrogen and oxygen atoms in total. The first kappa shape index (κ1) is 18.6. The third kappa shape index (κ3) is 5.14. The summed E-state index contributed by atoms with van der Waals surface area (Å²) in [6, 6.07) is 7.07. The first-order chi connectivity index (χ1) is 11.9. The van der Waals surface area contributed by atoms with Crippen LogP contribution in [-0.2, 0) is 11.3 Å². The van der Waals surface area contributed by atoms with Gasteiger partial charge in [0.1, 0.15) is 18.1 Å². The van der Waals surface area contributed by atoms with Gasteiger partial charge in [0.15, 0.2) is 0 Å². The highest BCUT2D eigenvalue weighted by Gasteiger charge is 2.11. The fourth-order valence-corrected chi connectivity index (χ4v) is 2.23. The Hall–Kier alpha value is -2.70. The molecule has 2 aromatic rings. The van der Waals surface area contributed by atoms with Crippen molar-refractivity contribution >= 4 is 5.91 Å². The van der Waals surface area contributed by atoms with Gasteiger partial charge in [-0.25, -0.2) is 9.07 Å². The molecule has 134 valence electrons. The number of ether oxygens (including phenoxy) is 1. The number of nitrogens with one attached hydrogen (secondary N) is 1. The van der Waals surface area contributed by atoms with Gasteiger partial charge in [-0.2, -0.15) is 5.10 Å². The number of benzene rings is 1. The fraction of sp³-hybridized carbons (Fsp3) is 0.389. The molecule has 0 aliphatic carbocycles. The van der Waals surface area contributed by atoms with Gasteiger partial charge in [0, 0.05) is 24.2 Å². The summed E-state index contributed by atoms with van der Waals surface area (Å²) in [7, 11) is 1.45. The number of hydrogen-bond donors (Lipinski definition) is 1. The predicted octanol–water partition coefficient (Wildman–Crippen LogP) is 2.22. The second-order valence-electron chi connectivity index (χ2n) is 6.09. The highest BCUT2D eigenvalue weighted by atomic mass is 19.1. The van der Waals surface area contributed by atoms with E-state index in [1.54, 1.807) is 6.07 Å². The lowest BCUT2D eigenvalue weighted by atomic mass is 10.1. The Kier molecular flexibility index (Phi) is 6.27. The number of hydrogen-bond acceptors (Lipinski definition) is 4. The Morgan fingerprint density at radius 1 is 1.32 bits per heavy atom. The molecule has 1 heterocycles. The Balaban J connectivity index is 2.17. The molecule has 2 rings (SSSR count). The van der Waals surface area contributed by atoms with Crippen molar-refractivity contribution in [2.75, 3.05) is 13.7 Å². The minimum atomic E-state index is -0.515. The molecule has 0 bridgehead atoms. The van der Waals surface area contributed by atoms with Crippen molar-refractivity contribution in [2.45, 2.75) is 26.8 Å². The van der Waals surface area contributed by atoms with Crippen LogP contribution in [0.2, 0.25) is 0 Å². The maximum atomic E-state index is 14.2. The molecular formula is C18H22FN3O3. The van der Waals surface area contributed by atoms with Gasteiger partial charge in [-0.15, -0.1) is 0 Å². The largest absolute Gasteiger partial charge is 0.497 e. The van der Waals surface area contributed by atoms with E-state index in [4.69, 9.17) is 4.74 Å². The molecule has 1 aromatic carbocycles. The van der Waals surface area contributed by atoms with Crippen molar-refractivity contribution in [3.05, 3.63) is 46.5 Å². The Bertz CT molecular complexity index is 802. The number of carbonyl (C=O) groups excluding carboxylic acids is 1.